The van der Waals surface area contributed by atoms with Crippen LogP contribution in [0.4, 0.5) is 5.82 Å². The van der Waals surface area contributed by atoms with Gasteiger partial charge in [-0.15, -0.1) is 0 Å². The third-order valence-electron chi connectivity index (χ3n) is 6.09. The molecule has 0 unspecified atom stereocenters. The Labute approximate surface area is 164 Å². The van der Waals surface area contributed by atoms with Gasteiger partial charge in [0.15, 0.2) is 0 Å². The third kappa shape index (κ3) is 3.85. The van der Waals surface area contributed by atoms with Crippen molar-refractivity contribution in [3.05, 3.63) is 42.1 Å². The van der Waals surface area contributed by atoms with Crippen molar-refractivity contribution in [3.63, 3.8) is 0 Å². The molecule has 2 amide bonds. The summed E-state index contributed by atoms with van der Waals surface area (Å²) >= 11 is 0. The minimum Gasteiger partial charge on any atom is -0.384 e. The molecule has 4 heterocycles. The summed E-state index contributed by atoms with van der Waals surface area (Å²) in [6.07, 6.45) is 9.18. The lowest BCUT2D eigenvalue weighted by molar-refractivity contribution is -0.138. The van der Waals surface area contributed by atoms with E-state index in [2.05, 4.69) is 15.0 Å². The quantitative estimate of drug-likeness (QED) is 0.832. The van der Waals surface area contributed by atoms with E-state index in [9.17, 15) is 9.59 Å². The van der Waals surface area contributed by atoms with E-state index >= 15 is 0 Å². The van der Waals surface area contributed by atoms with Crippen LogP contribution in [0.2, 0.25) is 0 Å². The fraction of sp³-hybridized carbons (Fsp3) is 0.500. The summed E-state index contributed by atoms with van der Waals surface area (Å²) in [7, 11) is 0. The highest BCUT2D eigenvalue weighted by Crippen LogP contribution is 2.40. The van der Waals surface area contributed by atoms with E-state index in [4.69, 9.17) is 5.73 Å². The topological polar surface area (TPSA) is 108 Å². The average Bonchev–Trinajstić information content (AvgIpc) is 3.23. The molecule has 0 aliphatic carbocycles. The second-order valence-corrected chi connectivity index (χ2v) is 7.90. The predicted octanol–water partition coefficient (Wildman–Crippen LogP) is 1.47. The zero-order chi connectivity index (χ0) is 19.6. The van der Waals surface area contributed by atoms with E-state index in [1.807, 2.05) is 9.80 Å². The number of amides is 2. The van der Waals surface area contributed by atoms with Gasteiger partial charge in [-0.2, -0.15) is 0 Å². The van der Waals surface area contributed by atoms with E-state index in [1.54, 1.807) is 30.9 Å². The Morgan fingerprint density at radius 3 is 2.82 bits per heavy atom. The number of rotatable bonds is 4. The highest BCUT2D eigenvalue weighted by atomic mass is 16.2. The molecule has 2 fully saturated rings. The maximum absolute atomic E-state index is 12.7. The van der Waals surface area contributed by atoms with Crippen molar-refractivity contribution in [1.29, 1.82) is 0 Å². The number of H-pyrrole nitrogens is 1. The van der Waals surface area contributed by atoms with Crippen molar-refractivity contribution >= 4 is 17.6 Å². The molecule has 2 aromatic heterocycles. The van der Waals surface area contributed by atoms with Crippen LogP contribution < -0.4 is 5.73 Å². The number of nitrogens with zero attached hydrogens (tertiary/aromatic N) is 4. The van der Waals surface area contributed by atoms with Crippen LogP contribution in [0.1, 0.15) is 41.7 Å². The van der Waals surface area contributed by atoms with Gasteiger partial charge >= 0.3 is 0 Å². The third-order valence-corrected chi connectivity index (χ3v) is 6.09. The Balaban J connectivity index is 1.36. The molecule has 3 N–H and O–H groups in total. The van der Waals surface area contributed by atoms with E-state index in [0.717, 1.165) is 37.9 Å². The van der Waals surface area contributed by atoms with Crippen molar-refractivity contribution in [2.45, 2.75) is 32.1 Å². The fourth-order valence-corrected chi connectivity index (χ4v) is 4.34. The number of nitrogen functional groups attached to an aromatic ring is 1. The van der Waals surface area contributed by atoms with Gasteiger partial charge in [-0.25, -0.2) is 9.97 Å². The van der Waals surface area contributed by atoms with Crippen LogP contribution in [0.5, 0.6) is 0 Å². The van der Waals surface area contributed by atoms with Crippen LogP contribution in [-0.4, -0.2) is 62.7 Å². The van der Waals surface area contributed by atoms with Crippen molar-refractivity contribution in [2.24, 2.45) is 5.41 Å². The molecule has 0 radical (unpaired) electrons. The first-order valence-corrected chi connectivity index (χ1v) is 9.81. The van der Waals surface area contributed by atoms with Gasteiger partial charge in [0.25, 0.3) is 5.91 Å². The monoisotopic (exact) mass is 382 g/mol. The van der Waals surface area contributed by atoms with Crippen LogP contribution in [0, 0.1) is 5.41 Å². The number of pyridine rings is 1. The van der Waals surface area contributed by atoms with Crippen LogP contribution in [0.3, 0.4) is 0 Å². The number of aromatic nitrogens is 3. The zero-order valence-electron chi connectivity index (χ0n) is 15.9. The van der Waals surface area contributed by atoms with E-state index in [1.165, 1.54) is 0 Å². The highest BCUT2D eigenvalue weighted by Gasteiger charge is 2.41. The van der Waals surface area contributed by atoms with E-state index in [-0.39, 0.29) is 17.2 Å². The van der Waals surface area contributed by atoms with Crippen molar-refractivity contribution in [2.75, 3.05) is 31.9 Å². The van der Waals surface area contributed by atoms with Crippen LogP contribution in [0.15, 0.2) is 30.9 Å². The molecule has 0 saturated carbocycles. The molecule has 2 saturated heterocycles. The molecular weight excluding hydrogens is 356 g/mol. The first kappa shape index (κ1) is 18.5. The number of likely N-dealkylation sites (tertiary alicyclic amines) is 2. The number of aromatic amines is 1. The molecule has 0 bridgehead atoms. The number of anilines is 1. The molecule has 8 nitrogen and oxygen atoms in total. The molecule has 148 valence electrons. The number of carbonyl (C=O) groups excluding carboxylic acids is 2. The Morgan fingerprint density at radius 2 is 2.11 bits per heavy atom. The SMILES string of the molecule is Nc1cc(C(=O)N2CCC3(CCC(=O)N(CCc4cnc[nH]4)C3)CC2)ccn1. The van der Waals surface area contributed by atoms with Crippen molar-refractivity contribution in [3.8, 4) is 0 Å². The van der Waals surface area contributed by atoms with Gasteiger partial charge in [0.1, 0.15) is 5.82 Å². The molecule has 4 rings (SSSR count). The number of nitrogens with two attached hydrogens (primary N) is 1. The second-order valence-electron chi connectivity index (χ2n) is 7.90. The van der Waals surface area contributed by atoms with Gasteiger partial charge in [-0.1, -0.05) is 0 Å². The standard InChI is InChI=1S/C20H26N6O2/c21-17-11-15(2-7-23-17)19(28)25-9-5-20(6-10-25)4-1-18(27)26(13-20)8-3-16-12-22-14-24-16/h2,7,11-12,14H,1,3-6,8-10,13H2,(H2,21,23)(H,22,24). The first-order chi connectivity index (χ1) is 13.5. The summed E-state index contributed by atoms with van der Waals surface area (Å²) in [6.45, 7) is 2.92. The fourth-order valence-electron chi connectivity index (χ4n) is 4.34. The summed E-state index contributed by atoms with van der Waals surface area (Å²) in [4.78, 5) is 40.1. The number of imidazole rings is 1. The predicted molar refractivity (Wildman–Crippen MR) is 104 cm³/mol. The molecule has 1 spiro atoms. The van der Waals surface area contributed by atoms with Crippen LogP contribution in [0.25, 0.3) is 0 Å². The highest BCUT2D eigenvalue weighted by molar-refractivity contribution is 5.94. The van der Waals surface area contributed by atoms with Gasteiger partial charge in [-0.3, -0.25) is 9.59 Å². The summed E-state index contributed by atoms with van der Waals surface area (Å²) in [5.41, 5.74) is 7.46. The summed E-state index contributed by atoms with van der Waals surface area (Å²) in [6, 6.07) is 3.34. The van der Waals surface area contributed by atoms with E-state index in [0.29, 0.717) is 37.4 Å². The maximum atomic E-state index is 12.7. The Morgan fingerprint density at radius 1 is 1.29 bits per heavy atom. The number of hydrogen-bond acceptors (Lipinski definition) is 5. The van der Waals surface area contributed by atoms with Gasteiger partial charge in [0.05, 0.1) is 6.33 Å². The normalized spacial score (nSPS) is 19.2. The molecule has 0 atom stereocenters. The molecule has 28 heavy (non-hydrogen) atoms. The number of nitrogens with one attached hydrogen (secondary N) is 1. The molecule has 8 heteroatoms. The summed E-state index contributed by atoms with van der Waals surface area (Å²) in [5, 5.41) is 0. The van der Waals surface area contributed by atoms with Gasteiger partial charge < -0.3 is 20.5 Å². The number of piperidine rings is 2. The maximum Gasteiger partial charge on any atom is 0.254 e. The summed E-state index contributed by atoms with van der Waals surface area (Å²) < 4.78 is 0. The van der Waals surface area contributed by atoms with Crippen LogP contribution in [-0.2, 0) is 11.2 Å². The lowest BCUT2D eigenvalue weighted by Gasteiger charge is -2.47. The molecule has 0 aromatic carbocycles. The lowest BCUT2D eigenvalue weighted by atomic mass is 9.72. The lowest BCUT2D eigenvalue weighted by Crippen LogP contribution is -2.52. The molecule has 2 aliphatic heterocycles. The Kier molecular flexibility index (Phi) is 5.02. The second kappa shape index (κ2) is 7.61. The average molecular weight is 382 g/mol. The number of hydrogen-bond donors (Lipinski definition) is 2. The van der Waals surface area contributed by atoms with Gasteiger partial charge in [0, 0.05) is 62.7 Å². The smallest absolute Gasteiger partial charge is 0.254 e. The Hall–Kier alpha value is -2.90. The van der Waals surface area contributed by atoms with E-state index < -0.39 is 0 Å². The summed E-state index contributed by atoms with van der Waals surface area (Å²) in [5.74, 6) is 0.598. The minimum absolute atomic E-state index is 0.00642. The van der Waals surface area contributed by atoms with Crippen LogP contribution >= 0.6 is 0 Å². The largest absolute Gasteiger partial charge is 0.384 e. The van der Waals surface area contributed by atoms with Crippen molar-refractivity contribution < 1.29 is 9.59 Å². The zero-order valence-corrected chi connectivity index (χ0v) is 15.9. The molecular formula is C20H26N6O2. The first-order valence-electron chi connectivity index (χ1n) is 9.81. The van der Waals surface area contributed by atoms with Crippen molar-refractivity contribution in [1.82, 2.24) is 24.8 Å². The molecule has 2 aliphatic rings. The van der Waals surface area contributed by atoms with Gasteiger partial charge in [0.2, 0.25) is 5.91 Å². The molecule has 2 aromatic rings. The van der Waals surface area contributed by atoms with Gasteiger partial charge in [-0.05, 0) is 36.8 Å². The Bertz CT molecular complexity index is 842. The minimum atomic E-state index is 0.00642. The number of carbonyl (C=O) groups is 2.